The fourth-order valence-electron chi connectivity index (χ4n) is 5.64. The van der Waals surface area contributed by atoms with Crippen LogP contribution in [-0.4, -0.2) is 9.67 Å². The fraction of sp³-hybridized carbons (Fsp3) is 0.259. The molecule has 1 aliphatic carbocycles. The maximum absolute atomic E-state index is 13.8. The molecule has 5 nitrogen and oxygen atoms in total. The molecule has 1 fully saturated rings. The number of hydrogen-bond acceptors (Lipinski definition) is 5. The highest BCUT2D eigenvalue weighted by atomic mass is 32.2. The Kier molecular flexibility index (Phi) is 5.12. The number of halogens is 3. The second-order valence-electron chi connectivity index (χ2n) is 9.26. The number of pyridine rings is 1. The predicted molar refractivity (Wildman–Crippen MR) is 129 cm³/mol. The molecule has 2 aromatic carbocycles. The van der Waals surface area contributed by atoms with Gasteiger partial charge in [0.1, 0.15) is 15.9 Å². The van der Waals surface area contributed by atoms with Crippen LogP contribution in [0.25, 0.3) is 16.7 Å². The lowest BCUT2D eigenvalue weighted by Crippen LogP contribution is -2.31. The van der Waals surface area contributed by atoms with Crippen molar-refractivity contribution in [3.63, 3.8) is 0 Å². The molecule has 1 N–H and O–H groups in total. The van der Waals surface area contributed by atoms with Crippen LogP contribution in [-0.2, 0) is 11.6 Å². The number of alkyl halides is 3. The number of rotatable bonds is 2. The van der Waals surface area contributed by atoms with Gasteiger partial charge in [-0.15, -0.1) is 0 Å². The van der Waals surface area contributed by atoms with Gasteiger partial charge in [0.05, 0.1) is 11.3 Å². The van der Waals surface area contributed by atoms with Crippen LogP contribution >= 0.6 is 11.8 Å². The third-order valence-corrected chi connectivity index (χ3v) is 8.32. The number of nitrogens with zero attached hydrogens (tertiary/aromatic N) is 1. The van der Waals surface area contributed by atoms with Gasteiger partial charge >= 0.3 is 11.8 Å². The van der Waals surface area contributed by atoms with E-state index in [9.17, 15) is 27.9 Å². The molecule has 1 aliphatic heterocycles. The van der Waals surface area contributed by atoms with E-state index in [-0.39, 0.29) is 15.9 Å². The molecule has 3 heterocycles. The second-order valence-corrected chi connectivity index (χ2v) is 10.3. The highest BCUT2D eigenvalue weighted by Crippen LogP contribution is 2.52. The number of aromatic hydroxyl groups is 1. The highest BCUT2D eigenvalue weighted by molar-refractivity contribution is 7.99. The summed E-state index contributed by atoms with van der Waals surface area (Å²) in [4.78, 5) is 27.2. The fourth-order valence-corrected chi connectivity index (χ4v) is 6.49. The molecular formula is C27H20F3NO4S. The lowest BCUT2D eigenvalue weighted by Gasteiger charge is -2.35. The Bertz CT molecular complexity index is 1630. The first-order valence-corrected chi connectivity index (χ1v) is 12.4. The Morgan fingerprint density at radius 3 is 2.39 bits per heavy atom. The molecule has 9 heteroatoms. The van der Waals surface area contributed by atoms with E-state index in [2.05, 4.69) is 0 Å². The van der Waals surface area contributed by atoms with Crippen molar-refractivity contribution in [2.24, 2.45) is 0 Å². The zero-order valence-electron chi connectivity index (χ0n) is 18.9. The van der Waals surface area contributed by atoms with E-state index in [0.29, 0.717) is 34.7 Å². The predicted octanol–water partition coefficient (Wildman–Crippen LogP) is 6.38. The number of aromatic nitrogens is 1. The third kappa shape index (κ3) is 3.32. The second kappa shape index (κ2) is 8.03. The molecule has 6 rings (SSSR count). The van der Waals surface area contributed by atoms with Crippen molar-refractivity contribution >= 4 is 22.7 Å². The summed E-state index contributed by atoms with van der Waals surface area (Å²) in [7, 11) is 0. The molecule has 4 aromatic rings. The van der Waals surface area contributed by atoms with Crippen LogP contribution in [0.3, 0.4) is 0 Å². The summed E-state index contributed by atoms with van der Waals surface area (Å²) in [5.41, 5.74) is -1.73. The molecular weight excluding hydrogens is 491 g/mol. The Balaban J connectivity index is 1.63. The Morgan fingerprint density at radius 1 is 0.972 bits per heavy atom. The minimum Gasteiger partial charge on any atom is -0.505 e. The lowest BCUT2D eigenvalue weighted by atomic mass is 9.68. The van der Waals surface area contributed by atoms with Gasteiger partial charge < -0.3 is 9.52 Å². The van der Waals surface area contributed by atoms with Crippen LogP contribution < -0.4 is 11.2 Å². The molecule has 0 saturated heterocycles. The summed E-state index contributed by atoms with van der Waals surface area (Å²) in [6.07, 6.45) is -0.837. The molecule has 1 spiro atoms. The minimum atomic E-state index is -4.52. The van der Waals surface area contributed by atoms with Crippen LogP contribution in [0.4, 0.5) is 13.2 Å². The van der Waals surface area contributed by atoms with E-state index in [1.165, 1.54) is 10.6 Å². The van der Waals surface area contributed by atoms with Crippen molar-refractivity contribution in [3.8, 4) is 11.4 Å². The van der Waals surface area contributed by atoms with Gasteiger partial charge in [0.25, 0.3) is 5.56 Å². The molecule has 1 saturated carbocycles. The van der Waals surface area contributed by atoms with Crippen LogP contribution in [0.5, 0.6) is 5.75 Å². The maximum Gasteiger partial charge on any atom is 0.416 e. The first kappa shape index (κ1) is 23.0. The molecule has 184 valence electrons. The van der Waals surface area contributed by atoms with Crippen LogP contribution in [0.15, 0.2) is 78.4 Å². The molecule has 0 radical (unpaired) electrons. The smallest absolute Gasteiger partial charge is 0.416 e. The molecule has 2 aliphatic rings. The summed E-state index contributed by atoms with van der Waals surface area (Å²) in [6.45, 7) is 0. The van der Waals surface area contributed by atoms with E-state index in [0.717, 1.165) is 43.2 Å². The molecule has 0 amide bonds. The average Bonchev–Trinajstić information content (AvgIpc) is 3.11. The SMILES string of the molecule is O=c1oc2cc3n(c(=O)c2c(O)c1Sc1ccccc1)-c1ccc(C(F)(F)F)cc1C31CCCCC1. The number of fused-ring (bicyclic) bond motifs is 6. The van der Waals surface area contributed by atoms with Crippen molar-refractivity contribution in [1.29, 1.82) is 0 Å². The third-order valence-electron chi connectivity index (χ3n) is 7.25. The van der Waals surface area contributed by atoms with Crippen molar-refractivity contribution in [2.45, 2.75) is 53.5 Å². The molecule has 0 unspecified atom stereocenters. The quantitative estimate of drug-likeness (QED) is 0.338. The monoisotopic (exact) mass is 511 g/mol. The topological polar surface area (TPSA) is 72.4 Å². The van der Waals surface area contributed by atoms with E-state index in [1.54, 1.807) is 30.3 Å². The number of benzene rings is 2. The summed E-state index contributed by atoms with van der Waals surface area (Å²) in [5, 5.41) is 10.9. The molecule has 2 aromatic heterocycles. The van der Waals surface area contributed by atoms with Gasteiger partial charge in [0, 0.05) is 22.1 Å². The van der Waals surface area contributed by atoms with Crippen LogP contribution in [0.2, 0.25) is 0 Å². The van der Waals surface area contributed by atoms with Crippen LogP contribution in [0, 0.1) is 0 Å². The largest absolute Gasteiger partial charge is 0.505 e. The number of hydrogen-bond donors (Lipinski definition) is 1. The van der Waals surface area contributed by atoms with Gasteiger partial charge in [-0.25, -0.2) is 4.79 Å². The van der Waals surface area contributed by atoms with E-state index >= 15 is 0 Å². The summed E-state index contributed by atoms with van der Waals surface area (Å²) < 4.78 is 47.8. The first-order valence-electron chi connectivity index (χ1n) is 11.6. The zero-order valence-corrected chi connectivity index (χ0v) is 19.7. The Labute approximate surface area is 207 Å². The van der Waals surface area contributed by atoms with Crippen molar-refractivity contribution in [1.82, 2.24) is 4.57 Å². The maximum atomic E-state index is 13.8. The summed E-state index contributed by atoms with van der Waals surface area (Å²) in [5.74, 6) is -0.492. The Morgan fingerprint density at radius 2 is 1.69 bits per heavy atom. The van der Waals surface area contributed by atoms with Crippen molar-refractivity contribution < 1.29 is 22.7 Å². The normalized spacial score (nSPS) is 16.3. The highest BCUT2D eigenvalue weighted by Gasteiger charge is 2.47. The zero-order chi connectivity index (χ0) is 25.2. The van der Waals surface area contributed by atoms with Gasteiger partial charge in [-0.3, -0.25) is 9.36 Å². The van der Waals surface area contributed by atoms with Gasteiger partial charge in [0.15, 0.2) is 5.75 Å². The first-order chi connectivity index (χ1) is 17.2. The van der Waals surface area contributed by atoms with Gasteiger partial charge in [-0.2, -0.15) is 13.2 Å². The molecule has 0 atom stereocenters. The van der Waals surface area contributed by atoms with Gasteiger partial charge in [-0.1, -0.05) is 49.2 Å². The molecule has 36 heavy (non-hydrogen) atoms. The van der Waals surface area contributed by atoms with Gasteiger partial charge in [-0.05, 0) is 48.7 Å². The molecule has 0 bridgehead atoms. The minimum absolute atomic E-state index is 0.0695. The summed E-state index contributed by atoms with van der Waals surface area (Å²) >= 11 is 0.980. The lowest BCUT2D eigenvalue weighted by molar-refractivity contribution is -0.137. The van der Waals surface area contributed by atoms with E-state index in [4.69, 9.17) is 4.42 Å². The van der Waals surface area contributed by atoms with E-state index in [1.807, 2.05) is 6.07 Å². The van der Waals surface area contributed by atoms with Crippen LogP contribution in [0.1, 0.15) is 48.9 Å². The van der Waals surface area contributed by atoms with Crippen molar-refractivity contribution in [2.75, 3.05) is 0 Å². The average molecular weight is 512 g/mol. The van der Waals surface area contributed by atoms with Crippen molar-refractivity contribution in [3.05, 3.63) is 92.2 Å². The standard InChI is InChI=1S/C27H20F3NO4S/c28-27(29,30)15-9-10-18-17(13-15)26(11-5-2-6-12-26)20-14-19-21(24(33)31(18)20)22(32)23(25(34)35-19)36-16-7-3-1-4-8-16/h1,3-4,7-10,13-14,32H,2,5-6,11-12H2. The summed E-state index contributed by atoms with van der Waals surface area (Å²) in [6, 6.07) is 13.9. The van der Waals surface area contributed by atoms with Gasteiger partial charge in [0.2, 0.25) is 0 Å². The van der Waals surface area contributed by atoms with E-state index < -0.39 is 34.1 Å². The Hall–Kier alpha value is -3.46.